The van der Waals surface area contributed by atoms with Gasteiger partial charge in [-0.15, -0.1) is 0 Å². The van der Waals surface area contributed by atoms with Crippen LogP contribution in [0.2, 0.25) is 5.02 Å². The van der Waals surface area contributed by atoms with Gasteiger partial charge in [-0.25, -0.2) is 0 Å². The molecular formula is C21H27ClN2O2. The molecule has 2 aromatic rings. The van der Waals surface area contributed by atoms with E-state index in [1.54, 1.807) is 7.11 Å². The Labute approximate surface area is 161 Å². The Bertz CT molecular complexity index is 736. The van der Waals surface area contributed by atoms with E-state index in [-0.39, 0.29) is 11.9 Å². The molecule has 1 amide bonds. The summed E-state index contributed by atoms with van der Waals surface area (Å²) in [6, 6.07) is 11.5. The Balaban J connectivity index is 1.94. The van der Waals surface area contributed by atoms with Gasteiger partial charge in [-0.2, -0.15) is 0 Å². The number of nitrogens with one attached hydrogen (secondary N) is 1. The molecule has 0 heterocycles. The number of ether oxygens (including phenoxy) is 1. The molecule has 1 N–H and O–H groups in total. The number of aryl methyl sites for hydroxylation is 2. The summed E-state index contributed by atoms with van der Waals surface area (Å²) in [7, 11) is 3.65. The highest BCUT2D eigenvalue weighted by Crippen LogP contribution is 2.25. The van der Waals surface area contributed by atoms with Gasteiger partial charge in [0.25, 0.3) is 0 Å². The lowest BCUT2D eigenvalue weighted by Gasteiger charge is -2.24. The molecule has 2 aromatic carbocycles. The minimum absolute atomic E-state index is 0.00408. The van der Waals surface area contributed by atoms with Crippen LogP contribution in [-0.4, -0.2) is 31.0 Å². The molecule has 2 rings (SSSR count). The monoisotopic (exact) mass is 374 g/mol. The lowest BCUT2D eigenvalue weighted by molar-refractivity contribution is -0.125. The second kappa shape index (κ2) is 9.06. The zero-order valence-electron chi connectivity index (χ0n) is 16.1. The van der Waals surface area contributed by atoms with Gasteiger partial charge >= 0.3 is 0 Å². The third-order valence-electron chi connectivity index (χ3n) is 4.58. The van der Waals surface area contributed by atoms with Crippen molar-refractivity contribution in [3.63, 3.8) is 0 Å². The third kappa shape index (κ3) is 5.23. The predicted octanol–water partition coefficient (Wildman–Crippen LogP) is 4.10. The van der Waals surface area contributed by atoms with E-state index in [0.717, 1.165) is 22.4 Å². The van der Waals surface area contributed by atoms with E-state index >= 15 is 0 Å². The first-order valence-electron chi connectivity index (χ1n) is 8.68. The number of carbonyl (C=O) groups excluding carboxylic acids is 1. The number of likely N-dealkylation sites (N-methyl/N-ethyl adjacent to an activating group) is 1. The average molecular weight is 375 g/mol. The average Bonchev–Trinajstić information content (AvgIpc) is 2.60. The molecule has 0 spiro atoms. The summed E-state index contributed by atoms with van der Waals surface area (Å²) >= 11 is 5.88. The molecule has 0 bridgehead atoms. The third-order valence-corrected chi connectivity index (χ3v) is 4.83. The van der Waals surface area contributed by atoms with Crippen LogP contribution in [0.3, 0.4) is 0 Å². The maximum Gasteiger partial charge on any atom is 0.237 e. The molecule has 26 heavy (non-hydrogen) atoms. The number of hydrogen-bond acceptors (Lipinski definition) is 3. The van der Waals surface area contributed by atoms with Crippen molar-refractivity contribution in [2.75, 3.05) is 14.2 Å². The van der Waals surface area contributed by atoms with Crippen LogP contribution < -0.4 is 10.1 Å². The summed E-state index contributed by atoms with van der Waals surface area (Å²) in [6.45, 7) is 7.19. The van der Waals surface area contributed by atoms with Crippen LogP contribution in [0.1, 0.15) is 29.2 Å². The van der Waals surface area contributed by atoms with Crippen LogP contribution in [0.25, 0.3) is 0 Å². The predicted molar refractivity (Wildman–Crippen MR) is 107 cm³/mol. The quantitative estimate of drug-likeness (QED) is 0.793. The Kier molecular flexibility index (Phi) is 7.06. The largest absolute Gasteiger partial charge is 0.496 e. The molecular weight excluding hydrogens is 348 g/mol. The van der Waals surface area contributed by atoms with Crippen molar-refractivity contribution in [3.8, 4) is 5.75 Å². The summed E-state index contributed by atoms with van der Waals surface area (Å²) in [5.41, 5.74) is 4.41. The maximum atomic E-state index is 12.5. The van der Waals surface area contributed by atoms with Crippen LogP contribution in [0.5, 0.6) is 5.75 Å². The summed E-state index contributed by atoms with van der Waals surface area (Å²) in [5.74, 6) is 0.926. The maximum absolute atomic E-state index is 12.5. The van der Waals surface area contributed by atoms with Crippen LogP contribution in [0.15, 0.2) is 36.4 Å². The highest BCUT2D eigenvalue weighted by atomic mass is 35.5. The van der Waals surface area contributed by atoms with Gasteiger partial charge in [0.15, 0.2) is 0 Å². The van der Waals surface area contributed by atoms with Gasteiger partial charge in [-0.05, 0) is 62.2 Å². The lowest BCUT2D eigenvalue weighted by atomic mass is 10.0. The van der Waals surface area contributed by atoms with E-state index in [9.17, 15) is 4.79 Å². The van der Waals surface area contributed by atoms with E-state index in [2.05, 4.69) is 17.4 Å². The Hall–Kier alpha value is -2.04. The molecule has 140 valence electrons. The van der Waals surface area contributed by atoms with E-state index in [4.69, 9.17) is 16.3 Å². The van der Waals surface area contributed by atoms with Crippen LogP contribution >= 0.6 is 11.6 Å². The Morgan fingerprint density at radius 1 is 1.15 bits per heavy atom. The Morgan fingerprint density at radius 3 is 2.27 bits per heavy atom. The van der Waals surface area contributed by atoms with Gasteiger partial charge in [-0.3, -0.25) is 9.69 Å². The lowest BCUT2D eigenvalue weighted by Crippen LogP contribution is -2.42. The fourth-order valence-corrected chi connectivity index (χ4v) is 3.14. The molecule has 0 saturated heterocycles. The van der Waals surface area contributed by atoms with Crippen molar-refractivity contribution in [2.45, 2.75) is 39.9 Å². The zero-order chi connectivity index (χ0) is 19.3. The number of rotatable bonds is 7. The number of nitrogens with zero attached hydrogens (tertiary/aromatic N) is 1. The van der Waals surface area contributed by atoms with Crippen LogP contribution in [0, 0.1) is 13.8 Å². The Morgan fingerprint density at radius 2 is 1.73 bits per heavy atom. The molecule has 0 fully saturated rings. The van der Waals surface area contributed by atoms with E-state index in [1.165, 1.54) is 5.56 Å². The normalized spacial score (nSPS) is 12.1. The van der Waals surface area contributed by atoms with Crippen LogP contribution in [-0.2, 0) is 17.9 Å². The molecule has 5 heteroatoms. The van der Waals surface area contributed by atoms with Gasteiger partial charge in [0.05, 0.1) is 13.2 Å². The van der Waals surface area contributed by atoms with Crippen molar-refractivity contribution < 1.29 is 9.53 Å². The molecule has 1 atom stereocenters. The minimum Gasteiger partial charge on any atom is -0.496 e. The highest BCUT2D eigenvalue weighted by Gasteiger charge is 2.18. The fraction of sp³-hybridized carbons (Fsp3) is 0.381. The molecule has 0 radical (unpaired) electrons. The van der Waals surface area contributed by atoms with Crippen molar-refractivity contribution in [1.29, 1.82) is 0 Å². The first kappa shape index (κ1) is 20.3. The van der Waals surface area contributed by atoms with Crippen LogP contribution in [0.4, 0.5) is 0 Å². The summed E-state index contributed by atoms with van der Waals surface area (Å²) < 4.78 is 5.42. The SMILES string of the molecule is COc1c(C)cc(CN(C)C(C)C(=O)NCc2ccc(Cl)cc2)cc1C. The van der Waals surface area contributed by atoms with E-state index in [1.807, 2.05) is 57.0 Å². The number of hydrogen-bond donors (Lipinski definition) is 1. The first-order valence-corrected chi connectivity index (χ1v) is 9.06. The van der Waals surface area contributed by atoms with Gasteiger partial charge in [0.2, 0.25) is 5.91 Å². The number of amides is 1. The summed E-state index contributed by atoms with van der Waals surface area (Å²) in [4.78, 5) is 14.5. The highest BCUT2D eigenvalue weighted by molar-refractivity contribution is 6.30. The summed E-state index contributed by atoms with van der Waals surface area (Å²) in [6.07, 6.45) is 0. The summed E-state index contributed by atoms with van der Waals surface area (Å²) in [5, 5.41) is 3.68. The standard InChI is InChI=1S/C21H27ClN2O2/c1-14-10-18(11-15(2)20(14)26-5)13-24(4)16(3)21(25)23-12-17-6-8-19(22)9-7-17/h6-11,16H,12-13H2,1-5H3,(H,23,25). The smallest absolute Gasteiger partial charge is 0.237 e. The minimum atomic E-state index is -0.231. The van der Waals surface area contributed by atoms with Crippen molar-refractivity contribution >= 4 is 17.5 Å². The van der Waals surface area contributed by atoms with Gasteiger partial charge in [-0.1, -0.05) is 35.9 Å². The first-order chi connectivity index (χ1) is 12.3. The second-order valence-electron chi connectivity index (χ2n) is 6.70. The van der Waals surface area contributed by atoms with E-state index < -0.39 is 0 Å². The van der Waals surface area contributed by atoms with Gasteiger partial charge in [0, 0.05) is 18.1 Å². The molecule has 0 aliphatic carbocycles. The van der Waals surface area contributed by atoms with Crippen molar-refractivity contribution in [1.82, 2.24) is 10.2 Å². The number of methoxy groups -OCH3 is 1. The molecule has 0 saturated carbocycles. The van der Waals surface area contributed by atoms with Crippen molar-refractivity contribution in [3.05, 3.63) is 63.7 Å². The van der Waals surface area contributed by atoms with E-state index in [0.29, 0.717) is 18.1 Å². The molecule has 1 unspecified atom stereocenters. The van der Waals surface area contributed by atoms with Gasteiger partial charge in [0.1, 0.15) is 5.75 Å². The number of carbonyl (C=O) groups is 1. The zero-order valence-corrected chi connectivity index (χ0v) is 16.9. The van der Waals surface area contributed by atoms with Crippen molar-refractivity contribution in [2.24, 2.45) is 0 Å². The number of halogens is 1. The molecule has 0 aliphatic rings. The number of benzene rings is 2. The fourth-order valence-electron chi connectivity index (χ4n) is 3.02. The van der Waals surface area contributed by atoms with Gasteiger partial charge < -0.3 is 10.1 Å². The molecule has 0 aromatic heterocycles. The topological polar surface area (TPSA) is 41.6 Å². The molecule has 0 aliphatic heterocycles. The molecule has 4 nitrogen and oxygen atoms in total. The second-order valence-corrected chi connectivity index (χ2v) is 7.13.